The van der Waals surface area contributed by atoms with E-state index in [1.54, 1.807) is 14.2 Å². The van der Waals surface area contributed by atoms with Gasteiger partial charge < -0.3 is 19.2 Å². The fourth-order valence-corrected chi connectivity index (χ4v) is 7.23. The predicted octanol–water partition coefficient (Wildman–Crippen LogP) is 2.61. The summed E-state index contributed by atoms with van der Waals surface area (Å²) >= 11 is 0. The molecule has 0 spiro atoms. The summed E-state index contributed by atoms with van der Waals surface area (Å²) in [6.45, 7) is 6.85. The fourth-order valence-electron chi connectivity index (χ4n) is 2.72. The smallest absolute Gasteiger partial charge is 0.191 e. The van der Waals surface area contributed by atoms with E-state index >= 15 is 0 Å². The first-order chi connectivity index (χ1) is 10.2. The first kappa shape index (κ1) is 21.3. The van der Waals surface area contributed by atoms with E-state index in [0.29, 0.717) is 0 Å². The van der Waals surface area contributed by atoms with Gasteiger partial charge in [-0.25, -0.2) is 0 Å². The SMILES string of the molecule is CC[Si](CC)(CCCNCCC[SiH2]CC(OC)OC)OC. The molecule has 128 valence electrons. The van der Waals surface area contributed by atoms with Gasteiger partial charge in [-0.15, -0.1) is 0 Å². The van der Waals surface area contributed by atoms with Crippen molar-refractivity contribution in [1.29, 1.82) is 0 Å². The number of methoxy groups -OCH3 is 2. The minimum absolute atomic E-state index is 0.0276. The van der Waals surface area contributed by atoms with E-state index in [-0.39, 0.29) is 15.8 Å². The Bertz CT molecular complexity index is 217. The molecule has 0 fully saturated rings. The van der Waals surface area contributed by atoms with E-state index < -0.39 is 8.32 Å². The van der Waals surface area contributed by atoms with Crippen molar-refractivity contribution in [3.8, 4) is 0 Å². The zero-order chi connectivity index (χ0) is 16.0. The molecule has 21 heavy (non-hydrogen) atoms. The molecule has 0 aromatic rings. The lowest BCUT2D eigenvalue weighted by Gasteiger charge is -2.27. The van der Waals surface area contributed by atoms with Crippen LogP contribution in [0.4, 0.5) is 0 Å². The van der Waals surface area contributed by atoms with Crippen molar-refractivity contribution < 1.29 is 13.9 Å². The average molecular weight is 336 g/mol. The maximum absolute atomic E-state index is 5.83. The highest BCUT2D eigenvalue weighted by Gasteiger charge is 2.28. The van der Waals surface area contributed by atoms with E-state index in [4.69, 9.17) is 13.9 Å². The summed E-state index contributed by atoms with van der Waals surface area (Å²) in [6, 6.07) is 6.28. The van der Waals surface area contributed by atoms with Crippen LogP contribution in [-0.2, 0) is 13.9 Å². The van der Waals surface area contributed by atoms with Gasteiger partial charge in [0.2, 0.25) is 0 Å². The van der Waals surface area contributed by atoms with Crippen LogP contribution in [-0.4, -0.2) is 58.5 Å². The van der Waals surface area contributed by atoms with Crippen molar-refractivity contribution >= 4 is 17.8 Å². The van der Waals surface area contributed by atoms with E-state index in [9.17, 15) is 0 Å². The van der Waals surface area contributed by atoms with Crippen LogP contribution in [0.1, 0.15) is 26.7 Å². The van der Waals surface area contributed by atoms with Crippen LogP contribution in [0.2, 0.25) is 30.2 Å². The summed E-state index contributed by atoms with van der Waals surface area (Å²) in [5.74, 6) is 0. The topological polar surface area (TPSA) is 39.7 Å². The number of rotatable bonds is 15. The second-order valence-corrected chi connectivity index (χ2v) is 12.4. The van der Waals surface area contributed by atoms with E-state index in [1.165, 1.54) is 37.0 Å². The van der Waals surface area contributed by atoms with Crippen LogP contribution in [0.25, 0.3) is 0 Å². The summed E-state index contributed by atoms with van der Waals surface area (Å²) in [5, 5.41) is 3.57. The lowest BCUT2D eigenvalue weighted by Crippen LogP contribution is -2.36. The molecule has 0 saturated carbocycles. The van der Waals surface area contributed by atoms with Gasteiger partial charge in [0.05, 0.1) is 0 Å². The van der Waals surface area contributed by atoms with E-state index in [1.807, 2.05) is 7.11 Å². The molecule has 4 nitrogen and oxygen atoms in total. The standard InChI is InChI=1S/C15H37NO3Si2/c1-6-21(7-2,19-5)13-9-11-16-10-8-12-20-14-15(17-3)18-4/h15-16H,6-14,20H2,1-5H3. The second-order valence-electron chi connectivity index (χ2n) is 5.70. The van der Waals surface area contributed by atoms with Crippen molar-refractivity contribution in [3.63, 3.8) is 0 Å². The molecule has 0 heterocycles. The summed E-state index contributed by atoms with van der Waals surface area (Å²) in [6.07, 6.45) is 2.58. The molecule has 0 rings (SSSR count). The van der Waals surface area contributed by atoms with Crippen molar-refractivity contribution in [3.05, 3.63) is 0 Å². The molecule has 0 aliphatic rings. The van der Waals surface area contributed by atoms with Crippen LogP contribution < -0.4 is 5.32 Å². The highest BCUT2D eigenvalue weighted by atomic mass is 28.4. The molecule has 0 aromatic carbocycles. The Morgan fingerprint density at radius 2 is 1.62 bits per heavy atom. The van der Waals surface area contributed by atoms with Gasteiger partial charge in [-0.2, -0.15) is 0 Å². The van der Waals surface area contributed by atoms with Crippen molar-refractivity contribution in [2.45, 2.75) is 63.2 Å². The first-order valence-electron chi connectivity index (χ1n) is 8.49. The van der Waals surface area contributed by atoms with Crippen LogP contribution in [0, 0.1) is 0 Å². The van der Waals surface area contributed by atoms with Crippen LogP contribution in [0.5, 0.6) is 0 Å². The van der Waals surface area contributed by atoms with Gasteiger partial charge in [0, 0.05) is 30.8 Å². The Balaban J connectivity index is 3.44. The molecule has 6 heteroatoms. The molecule has 0 aromatic heterocycles. The minimum atomic E-state index is -1.38. The Kier molecular flexibility index (Phi) is 14.1. The van der Waals surface area contributed by atoms with Gasteiger partial charge in [0.25, 0.3) is 0 Å². The average Bonchev–Trinajstić information content (AvgIpc) is 2.54. The third-order valence-electron chi connectivity index (χ3n) is 4.53. The van der Waals surface area contributed by atoms with Crippen LogP contribution in [0.15, 0.2) is 0 Å². The van der Waals surface area contributed by atoms with Gasteiger partial charge in [-0.3, -0.25) is 0 Å². The second kappa shape index (κ2) is 13.9. The maximum Gasteiger partial charge on any atom is 0.191 e. The van der Waals surface area contributed by atoms with Crippen molar-refractivity contribution in [2.75, 3.05) is 34.4 Å². The minimum Gasteiger partial charge on any atom is -0.420 e. The van der Waals surface area contributed by atoms with Gasteiger partial charge in [-0.05, 0) is 50.1 Å². The first-order valence-corrected chi connectivity index (χ1v) is 13.0. The van der Waals surface area contributed by atoms with E-state index in [2.05, 4.69) is 19.2 Å². The molecule has 0 amide bonds. The number of hydrogen-bond donors (Lipinski definition) is 1. The predicted molar refractivity (Wildman–Crippen MR) is 96.6 cm³/mol. The summed E-state index contributed by atoms with van der Waals surface area (Å²) < 4.78 is 16.3. The summed E-state index contributed by atoms with van der Waals surface area (Å²) in [4.78, 5) is 0. The van der Waals surface area contributed by atoms with Gasteiger partial charge in [-0.1, -0.05) is 19.9 Å². The third kappa shape index (κ3) is 9.81. The van der Waals surface area contributed by atoms with Crippen molar-refractivity contribution in [1.82, 2.24) is 5.32 Å². The molecule has 0 radical (unpaired) electrons. The molecule has 0 saturated heterocycles. The Hall–Kier alpha value is 0.274. The highest BCUT2D eigenvalue weighted by Crippen LogP contribution is 2.22. The largest absolute Gasteiger partial charge is 0.420 e. The lowest BCUT2D eigenvalue weighted by atomic mass is 10.4. The third-order valence-corrected chi connectivity index (χ3v) is 11.1. The van der Waals surface area contributed by atoms with Crippen LogP contribution in [0.3, 0.4) is 0 Å². The van der Waals surface area contributed by atoms with Crippen LogP contribution >= 0.6 is 0 Å². The lowest BCUT2D eigenvalue weighted by molar-refractivity contribution is -0.0876. The zero-order valence-electron chi connectivity index (χ0n) is 14.9. The molecule has 0 aliphatic heterocycles. The molecule has 1 N–H and O–H groups in total. The highest BCUT2D eigenvalue weighted by molar-refractivity contribution is 6.73. The van der Waals surface area contributed by atoms with Crippen molar-refractivity contribution in [2.24, 2.45) is 0 Å². The summed E-state index contributed by atoms with van der Waals surface area (Å²) in [7, 11) is 3.94. The zero-order valence-corrected chi connectivity index (χ0v) is 17.3. The summed E-state index contributed by atoms with van der Waals surface area (Å²) in [5.41, 5.74) is 0. The number of nitrogens with one attached hydrogen (secondary N) is 1. The molecular weight excluding hydrogens is 298 g/mol. The quantitative estimate of drug-likeness (QED) is 0.284. The molecule has 0 aliphatic carbocycles. The number of ether oxygens (including phenoxy) is 2. The maximum atomic E-state index is 5.83. The van der Waals surface area contributed by atoms with Gasteiger partial charge >= 0.3 is 0 Å². The Morgan fingerprint density at radius 1 is 1.00 bits per heavy atom. The van der Waals surface area contributed by atoms with Gasteiger partial charge in [0.15, 0.2) is 14.6 Å². The Labute approximate surface area is 135 Å². The fraction of sp³-hybridized carbons (Fsp3) is 1.00. The molecule has 0 bridgehead atoms. The van der Waals surface area contributed by atoms with E-state index in [0.717, 1.165) is 19.1 Å². The molecular formula is C15H37NO3Si2. The normalized spacial score (nSPS) is 12.9. The molecule has 0 atom stereocenters. The monoisotopic (exact) mass is 335 g/mol. The Morgan fingerprint density at radius 3 is 2.14 bits per heavy atom. The number of hydrogen-bond acceptors (Lipinski definition) is 4. The molecule has 0 unspecified atom stereocenters. The van der Waals surface area contributed by atoms with Gasteiger partial charge in [0.1, 0.15) is 0 Å².